The summed E-state index contributed by atoms with van der Waals surface area (Å²) in [4.78, 5) is 15.5. The Labute approximate surface area is 135 Å². The molecule has 1 heterocycles. The molecule has 4 nitrogen and oxygen atoms in total. The number of benzene rings is 1. The second-order valence-corrected chi connectivity index (χ2v) is 6.23. The van der Waals surface area contributed by atoms with Crippen molar-refractivity contribution in [1.82, 2.24) is 0 Å². The van der Waals surface area contributed by atoms with Crippen LogP contribution in [0, 0.1) is 0 Å². The van der Waals surface area contributed by atoms with Gasteiger partial charge >= 0.3 is 5.97 Å². The summed E-state index contributed by atoms with van der Waals surface area (Å²) in [5, 5.41) is 0. The van der Waals surface area contributed by atoms with Gasteiger partial charge in [-0.25, -0.2) is 4.79 Å². The van der Waals surface area contributed by atoms with Crippen molar-refractivity contribution >= 4 is 40.6 Å². The lowest BCUT2D eigenvalue weighted by Gasteiger charge is -2.37. The number of nitrogens with zero attached hydrogens (tertiary/aromatic N) is 1. The van der Waals surface area contributed by atoms with E-state index in [0.29, 0.717) is 4.99 Å². The van der Waals surface area contributed by atoms with Crippen molar-refractivity contribution in [3.05, 3.63) is 23.8 Å². The largest absolute Gasteiger partial charge is 0.467 e. The number of piperidine rings is 1. The molecule has 2 rings (SSSR count). The summed E-state index contributed by atoms with van der Waals surface area (Å²) >= 11 is 6.83. The molecule has 1 unspecified atom stereocenters. The van der Waals surface area contributed by atoms with E-state index in [-0.39, 0.29) is 12.0 Å². The first-order valence-electron chi connectivity index (χ1n) is 6.91. The van der Waals surface area contributed by atoms with E-state index in [4.69, 9.17) is 22.7 Å². The number of nitrogens with two attached hydrogens (primary N) is 1. The van der Waals surface area contributed by atoms with Gasteiger partial charge in [-0.3, -0.25) is 0 Å². The molecule has 1 saturated heterocycles. The van der Waals surface area contributed by atoms with Gasteiger partial charge in [-0.15, -0.1) is 11.8 Å². The number of hydrogen-bond donors (Lipinski definition) is 1. The number of carbonyl (C=O) groups excluding carboxylic acids is 1. The number of ether oxygens (including phenoxy) is 1. The number of thiocarbonyl (C=S) groups is 1. The maximum absolute atomic E-state index is 12.1. The highest BCUT2D eigenvalue weighted by atomic mass is 32.2. The molecule has 0 amide bonds. The Morgan fingerprint density at radius 2 is 2.24 bits per heavy atom. The molecule has 0 aromatic heterocycles. The lowest BCUT2D eigenvalue weighted by Crippen LogP contribution is -2.46. The molecule has 6 heteroatoms. The number of hydrogen-bond acceptors (Lipinski definition) is 5. The van der Waals surface area contributed by atoms with Crippen LogP contribution >= 0.6 is 24.0 Å². The summed E-state index contributed by atoms with van der Waals surface area (Å²) in [6, 6.07) is 5.70. The summed E-state index contributed by atoms with van der Waals surface area (Å²) in [6.45, 7) is 0.813. The van der Waals surface area contributed by atoms with Crippen molar-refractivity contribution in [3.8, 4) is 0 Å². The van der Waals surface area contributed by atoms with Gasteiger partial charge in [0.1, 0.15) is 11.0 Å². The van der Waals surface area contributed by atoms with Crippen molar-refractivity contribution in [2.45, 2.75) is 30.2 Å². The van der Waals surface area contributed by atoms with E-state index >= 15 is 0 Å². The van der Waals surface area contributed by atoms with Crippen LogP contribution in [0.5, 0.6) is 0 Å². The molecule has 21 heavy (non-hydrogen) atoms. The van der Waals surface area contributed by atoms with Gasteiger partial charge in [0, 0.05) is 22.7 Å². The molecule has 0 bridgehead atoms. The minimum absolute atomic E-state index is 0.196. The molecular formula is C15H20N2O2S2. The highest BCUT2D eigenvalue weighted by molar-refractivity contribution is 7.98. The zero-order valence-corrected chi connectivity index (χ0v) is 13.9. The Morgan fingerprint density at radius 3 is 2.86 bits per heavy atom. The number of rotatable bonds is 4. The van der Waals surface area contributed by atoms with E-state index in [0.717, 1.165) is 42.0 Å². The molecule has 0 radical (unpaired) electrons. The molecule has 0 spiro atoms. The van der Waals surface area contributed by atoms with Crippen LogP contribution in [0.15, 0.2) is 23.1 Å². The normalized spacial score (nSPS) is 18.4. The summed E-state index contributed by atoms with van der Waals surface area (Å²) in [6.07, 6.45) is 4.87. The fraction of sp³-hybridized carbons (Fsp3) is 0.467. The Balaban J connectivity index is 2.48. The molecule has 1 aliphatic rings. The van der Waals surface area contributed by atoms with E-state index in [1.54, 1.807) is 11.8 Å². The summed E-state index contributed by atoms with van der Waals surface area (Å²) in [5.74, 6) is -0.196. The average Bonchev–Trinajstić information content (AvgIpc) is 2.53. The van der Waals surface area contributed by atoms with Gasteiger partial charge in [-0.1, -0.05) is 18.3 Å². The molecule has 1 aromatic carbocycles. The second kappa shape index (κ2) is 7.13. The van der Waals surface area contributed by atoms with E-state index in [1.807, 2.05) is 24.5 Å². The van der Waals surface area contributed by atoms with Crippen molar-refractivity contribution in [3.63, 3.8) is 0 Å². The fourth-order valence-electron chi connectivity index (χ4n) is 2.78. The lowest BCUT2D eigenvalue weighted by molar-refractivity contribution is -0.142. The van der Waals surface area contributed by atoms with Crippen LogP contribution in [0.3, 0.4) is 0 Å². The maximum Gasteiger partial charge on any atom is 0.328 e. The molecule has 114 valence electrons. The summed E-state index contributed by atoms with van der Waals surface area (Å²) in [5.41, 5.74) is 7.72. The molecule has 0 saturated carbocycles. The standard InChI is InChI=1S/C15H20N2O2S2/c1-19-15(18)11-6-3-4-9-17(11)10-7-5-8-12(21-2)13(10)14(16)20/h5,7-8,11H,3-4,6,9H2,1-2H3,(H2,16,20). The van der Waals surface area contributed by atoms with E-state index in [2.05, 4.69) is 4.90 Å². The lowest BCUT2D eigenvalue weighted by atomic mass is 9.99. The fourth-order valence-corrected chi connectivity index (χ4v) is 3.69. The van der Waals surface area contributed by atoms with Gasteiger partial charge in [0.25, 0.3) is 0 Å². The summed E-state index contributed by atoms with van der Waals surface area (Å²) in [7, 11) is 1.43. The molecular weight excluding hydrogens is 304 g/mol. The van der Waals surface area contributed by atoms with Crippen molar-refractivity contribution in [2.24, 2.45) is 5.73 Å². The molecule has 1 aliphatic heterocycles. The number of anilines is 1. The van der Waals surface area contributed by atoms with Gasteiger partial charge in [0.05, 0.1) is 7.11 Å². The topological polar surface area (TPSA) is 55.6 Å². The van der Waals surface area contributed by atoms with Crippen LogP contribution in [0.4, 0.5) is 5.69 Å². The van der Waals surface area contributed by atoms with Crippen LogP contribution in [0.2, 0.25) is 0 Å². The van der Waals surface area contributed by atoms with Gasteiger partial charge < -0.3 is 15.4 Å². The van der Waals surface area contributed by atoms with Crippen molar-refractivity contribution in [1.29, 1.82) is 0 Å². The minimum Gasteiger partial charge on any atom is -0.467 e. The van der Waals surface area contributed by atoms with Crippen LogP contribution in [0.1, 0.15) is 24.8 Å². The van der Waals surface area contributed by atoms with E-state index in [1.165, 1.54) is 7.11 Å². The van der Waals surface area contributed by atoms with Gasteiger partial charge in [-0.05, 0) is 37.7 Å². The second-order valence-electron chi connectivity index (χ2n) is 4.95. The molecule has 1 fully saturated rings. The van der Waals surface area contributed by atoms with Crippen LogP contribution in [-0.2, 0) is 9.53 Å². The Kier molecular flexibility index (Phi) is 5.47. The third-order valence-electron chi connectivity index (χ3n) is 3.76. The minimum atomic E-state index is -0.256. The maximum atomic E-state index is 12.1. The van der Waals surface area contributed by atoms with Gasteiger partial charge in [-0.2, -0.15) is 0 Å². The predicted molar refractivity (Wildman–Crippen MR) is 91.1 cm³/mol. The monoisotopic (exact) mass is 324 g/mol. The number of carbonyl (C=O) groups is 1. The third kappa shape index (κ3) is 3.32. The Morgan fingerprint density at radius 1 is 1.48 bits per heavy atom. The first-order chi connectivity index (χ1) is 10.1. The van der Waals surface area contributed by atoms with Gasteiger partial charge in [0.2, 0.25) is 0 Å². The number of methoxy groups -OCH3 is 1. The number of esters is 1. The predicted octanol–water partition coefficient (Wildman–Crippen LogP) is 2.57. The van der Waals surface area contributed by atoms with Crippen LogP contribution < -0.4 is 10.6 Å². The smallest absolute Gasteiger partial charge is 0.328 e. The summed E-state index contributed by atoms with van der Waals surface area (Å²) < 4.78 is 4.95. The first-order valence-corrected chi connectivity index (χ1v) is 8.54. The van der Waals surface area contributed by atoms with E-state index in [9.17, 15) is 4.79 Å². The van der Waals surface area contributed by atoms with Crippen molar-refractivity contribution < 1.29 is 9.53 Å². The molecule has 1 atom stereocenters. The zero-order valence-electron chi connectivity index (χ0n) is 12.3. The third-order valence-corrected chi connectivity index (χ3v) is 4.74. The highest BCUT2D eigenvalue weighted by Crippen LogP contribution is 2.33. The van der Waals surface area contributed by atoms with Crippen molar-refractivity contribution in [2.75, 3.05) is 24.8 Å². The SMILES string of the molecule is COC(=O)C1CCCCN1c1cccc(SC)c1C(N)=S. The van der Waals surface area contributed by atoms with Crippen LogP contribution in [0.25, 0.3) is 0 Å². The molecule has 1 aromatic rings. The Hall–Kier alpha value is -1.27. The highest BCUT2D eigenvalue weighted by Gasteiger charge is 2.31. The first kappa shape index (κ1) is 16.1. The molecule has 2 N–H and O–H groups in total. The zero-order chi connectivity index (χ0) is 15.4. The van der Waals surface area contributed by atoms with E-state index < -0.39 is 0 Å². The number of thioether (sulfide) groups is 1. The average molecular weight is 324 g/mol. The van der Waals surface area contributed by atoms with Gasteiger partial charge in [0.15, 0.2) is 0 Å². The molecule has 0 aliphatic carbocycles. The quantitative estimate of drug-likeness (QED) is 0.522. The van der Waals surface area contributed by atoms with Crippen LogP contribution in [-0.4, -0.2) is 36.9 Å². The Bertz CT molecular complexity index is 548.